The molecule has 0 aliphatic heterocycles. The van der Waals surface area contributed by atoms with Gasteiger partial charge in [-0.05, 0) is 37.5 Å². The minimum absolute atomic E-state index is 0.00745. The summed E-state index contributed by atoms with van der Waals surface area (Å²) in [6, 6.07) is 7.32. The summed E-state index contributed by atoms with van der Waals surface area (Å²) in [4.78, 5) is 34.7. The lowest BCUT2D eigenvalue weighted by atomic mass is 10.0. The van der Waals surface area contributed by atoms with Crippen molar-refractivity contribution in [2.45, 2.75) is 65.3 Å². The number of rotatable bonds is 12. The molecule has 1 amide bonds. The number of amides is 1. The van der Waals surface area contributed by atoms with Crippen molar-refractivity contribution in [3.05, 3.63) is 29.8 Å². The lowest BCUT2D eigenvalue weighted by Gasteiger charge is -2.17. The molecule has 1 atom stereocenters. The Morgan fingerprint density at radius 2 is 1.72 bits per heavy atom. The van der Waals surface area contributed by atoms with Crippen LogP contribution in [0, 0.1) is 0 Å². The highest BCUT2D eigenvalue weighted by Gasteiger charge is 2.18. The summed E-state index contributed by atoms with van der Waals surface area (Å²) in [7, 11) is 0. The Bertz CT molecular complexity index is 567. The number of ketones is 2. The average Bonchev–Trinajstić information content (AvgIpc) is 2.57. The molecule has 0 heterocycles. The number of Topliss-reactive ketones (excluding diaryl/α,β-unsaturated/α-hetero) is 2. The normalized spacial score (nSPS) is 11.6. The molecule has 1 unspecified atom stereocenters. The fraction of sp³-hybridized carbons (Fsp3) is 0.550. The van der Waals surface area contributed by atoms with Crippen LogP contribution in [-0.2, 0) is 20.8 Å². The van der Waals surface area contributed by atoms with Gasteiger partial charge in [0.2, 0.25) is 5.91 Å². The van der Waals surface area contributed by atoms with Crippen LogP contribution < -0.4 is 10.6 Å². The zero-order valence-corrected chi connectivity index (χ0v) is 15.6. The van der Waals surface area contributed by atoms with Crippen LogP contribution >= 0.6 is 0 Å². The van der Waals surface area contributed by atoms with Crippen LogP contribution in [0.5, 0.6) is 0 Å². The van der Waals surface area contributed by atoms with Crippen LogP contribution in [0.1, 0.15) is 58.4 Å². The van der Waals surface area contributed by atoms with E-state index >= 15 is 0 Å². The molecular formula is C20H30N2O3. The molecule has 0 aromatic heterocycles. The highest BCUT2D eigenvalue weighted by atomic mass is 16.2. The molecule has 0 radical (unpaired) electrons. The van der Waals surface area contributed by atoms with Crippen LogP contribution in [0.25, 0.3) is 0 Å². The van der Waals surface area contributed by atoms with Gasteiger partial charge in [-0.1, -0.05) is 38.3 Å². The monoisotopic (exact) mass is 346 g/mol. The van der Waals surface area contributed by atoms with Crippen molar-refractivity contribution < 1.29 is 14.4 Å². The Hall–Kier alpha value is -2.17. The molecule has 0 aliphatic rings. The summed E-state index contributed by atoms with van der Waals surface area (Å²) in [6.45, 7) is 5.32. The topological polar surface area (TPSA) is 75.3 Å². The van der Waals surface area contributed by atoms with E-state index in [1.165, 1.54) is 6.92 Å². The summed E-state index contributed by atoms with van der Waals surface area (Å²) in [5, 5.41) is 5.86. The van der Waals surface area contributed by atoms with Crippen LogP contribution in [0.15, 0.2) is 24.3 Å². The zero-order valence-electron chi connectivity index (χ0n) is 15.6. The second-order valence-corrected chi connectivity index (χ2v) is 6.47. The first-order chi connectivity index (χ1) is 11.9. The number of hydrogen-bond donors (Lipinski definition) is 2. The van der Waals surface area contributed by atoms with Crippen molar-refractivity contribution in [1.82, 2.24) is 5.32 Å². The Kier molecular flexibility index (Phi) is 9.51. The third kappa shape index (κ3) is 9.03. The largest absolute Gasteiger partial charge is 0.378 e. The van der Waals surface area contributed by atoms with Gasteiger partial charge >= 0.3 is 0 Å². The number of carbonyl (C=O) groups is 3. The molecule has 0 saturated carbocycles. The quantitative estimate of drug-likeness (QED) is 0.570. The number of carbonyl (C=O) groups excluding carboxylic acids is 3. The Labute approximate surface area is 150 Å². The van der Waals surface area contributed by atoms with E-state index in [-0.39, 0.29) is 24.0 Å². The van der Waals surface area contributed by atoms with E-state index in [2.05, 4.69) is 17.6 Å². The Balaban J connectivity index is 2.51. The van der Waals surface area contributed by atoms with Gasteiger partial charge in [0.15, 0.2) is 5.78 Å². The van der Waals surface area contributed by atoms with Crippen molar-refractivity contribution in [2.24, 2.45) is 0 Å². The summed E-state index contributed by atoms with van der Waals surface area (Å²) in [6.07, 6.45) is 5.02. The summed E-state index contributed by atoms with van der Waals surface area (Å²) >= 11 is 0. The van der Waals surface area contributed by atoms with E-state index in [0.717, 1.165) is 36.9 Å². The number of unbranched alkanes of at least 4 members (excludes halogenated alkanes) is 2. The van der Waals surface area contributed by atoms with Gasteiger partial charge < -0.3 is 15.4 Å². The molecule has 0 saturated heterocycles. The molecule has 5 nitrogen and oxygen atoms in total. The predicted molar refractivity (Wildman–Crippen MR) is 101 cm³/mol. The van der Waals surface area contributed by atoms with Crippen molar-refractivity contribution >= 4 is 23.2 Å². The molecule has 1 rings (SSSR count). The van der Waals surface area contributed by atoms with E-state index in [0.29, 0.717) is 12.8 Å². The van der Waals surface area contributed by atoms with Gasteiger partial charge in [0, 0.05) is 19.0 Å². The fourth-order valence-corrected chi connectivity index (χ4v) is 2.58. The summed E-state index contributed by atoms with van der Waals surface area (Å²) in [5.41, 5.74) is 1.96. The molecule has 138 valence electrons. The maximum atomic E-state index is 12.4. The van der Waals surface area contributed by atoms with Gasteiger partial charge in [0.1, 0.15) is 5.78 Å². The third-order valence-corrected chi connectivity index (χ3v) is 4.05. The molecule has 25 heavy (non-hydrogen) atoms. The predicted octanol–water partition coefficient (Wildman–Crippen LogP) is 3.27. The summed E-state index contributed by atoms with van der Waals surface area (Å²) < 4.78 is 0. The number of anilines is 1. The molecule has 0 spiro atoms. The molecule has 2 N–H and O–H groups in total. The van der Waals surface area contributed by atoms with E-state index in [1.807, 2.05) is 24.3 Å². The van der Waals surface area contributed by atoms with E-state index in [4.69, 9.17) is 0 Å². The molecule has 5 heteroatoms. The Morgan fingerprint density at radius 1 is 1.04 bits per heavy atom. The van der Waals surface area contributed by atoms with Crippen LogP contribution in [-0.4, -0.2) is 30.1 Å². The minimum Gasteiger partial charge on any atom is -0.378 e. The van der Waals surface area contributed by atoms with Crippen LogP contribution in [0.3, 0.4) is 0 Å². The average molecular weight is 346 g/mol. The van der Waals surface area contributed by atoms with E-state index in [9.17, 15) is 14.4 Å². The first-order valence-electron chi connectivity index (χ1n) is 9.04. The standard InChI is InChI=1S/C20H30N2O3/c1-4-5-6-7-19(22-16(3)24)20(25)14-21-18-12-10-17(11-13-18)9-8-15(2)23/h10-13,19,21H,4-9,14H2,1-3H3,(H,22,24). The molecular weight excluding hydrogens is 316 g/mol. The molecule has 0 fully saturated rings. The van der Waals surface area contributed by atoms with Crippen LogP contribution in [0.4, 0.5) is 5.69 Å². The highest BCUT2D eigenvalue weighted by molar-refractivity contribution is 5.91. The van der Waals surface area contributed by atoms with E-state index < -0.39 is 6.04 Å². The molecule has 1 aromatic rings. The highest BCUT2D eigenvalue weighted by Crippen LogP contribution is 2.12. The second-order valence-electron chi connectivity index (χ2n) is 6.47. The first-order valence-corrected chi connectivity index (χ1v) is 9.04. The van der Waals surface area contributed by atoms with Gasteiger partial charge in [-0.15, -0.1) is 0 Å². The number of aryl methyl sites for hydroxylation is 1. The lowest BCUT2D eigenvalue weighted by Crippen LogP contribution is -2.42. The number of nitrogens with one attached hydrogen (secondary N) is 2. The number of benzene rings is 1. The molecule has 1 aromatic carbocycles. The maximum absolute atomic E-state index is 12.4. The van der Waals surface area contributed by atoms with Crippen molar-refractivity contribution in [3.63, 3.8) is 0 Å². The van der Waals surface area contributed by atoms with Gasteiger partial charge in [-0.2, -0.15) is 0 Å². The van der Waals surface area contributed by atoms with Crippen molar-refractivity contribution in [2.75, 3.05) is 11.9 Å². The van der Waals surface area contributed by atoms with Gasteiger partial charge in [0.05, 0.1) is 12.6 Å². The summed E-state index contributed by atoms with van der Waals surface area (Å²) in [5.74, 6) is -0.00323. The van der Waals surface area contributed by atoms with Crippen molar-refractivity contribution in [1.29, 1.82) is 0 Å². The number of hydrogen-bond acceptors (Lipinski definition) is 4. The maximum Gasteiger partial charge on any atom is 0.217 e. The first kappa shape index (κ1) is 20.9. The smallest absolute Gasteiger partial charge is 0.217 e. The van der Waals surface area contributed by atoms with Crippen molar-refractivity contribution in [3.8, 4) is 0 Å². The van der Waals surface area contributed by atoms with E-state index in [1.54, 1.807) is 6.92 Å². The lowest BCUT2D eigenvalue weighted by molar-refractivity contribution is -0.126. The second kappa shape index (κ2) is 11.4. The fourth-order valence-electron chi connectivity index (χ4n) is 2.58. The molecule has 0 aliphatic carbocycles. The van der Waals surface area contributed by atoms with Gasteiger partial charge in [-0.25, -0.2) is 0 Å². The van der Waals surface area contributed by atoms with Gasteiger partial charge in [0.25, 0.3) is 0 Å². The molecule has 0 bridgehead atoms. The van der Waals surface area contributed by atoms with Gasteiger partial charge in [-0.3, -0.25) is 9.59 Å². The van der Waals surface area contributed by atoms with Crippen LogP contribution in [0.2, 0.25) is 0 Å². The SMILES string of the molecule is CCCCCC(NC(C)=O)C(=O)CNc1ccc(CCC(C)=O)cc1. The zero-order chi connectivity index (χ0) is 18.7. The third-order valence-electron chi connectivity index (χ3n) is 4.05. The Morgan fingerprint density at radius 3 is 2.28 bits per heavy atom. The minimum atomic E-state index is -0.425.